The number of carbonyl (C=O) groups excluding carboxylic acids is 1. The van der Waals surface area contributed by atoms with E-state index >= 15 is 0 Å². The van der Waals surface area contributed by atoms with Crippen LogP contribution in [0.1, 0.15) is 48.0 Å². The fourth-order valence-corrected chi connectivity index (χ4v) is 1.36. The molecule has 0 aliphatic heterocycles. The van der Waals surface area contributed by atoms with Gasteiger partial charge in [0.1, 0.15) is 0 Å². The van der Waals surface area contributed by atoms with Crippen molar-refractivity contribution in [1.29, 1.82) is 0 Å². The topological polar surface area (TPSA) is 29.5 Å². The van der Waals surface area contributed by atoms with Gasteiger partial charge in [-0.2, -0.15) is 0 Å². The summed E-state index contributed by atoms with van der Waals surface area (Å²) in [5.74, 6) is -0.251. The third-order valence-corrected chi connectivity index (χ3v) is 2.04. The number of nitrogens with zero attached hydrogens (tertiary/aromatic N) is 1. The van der Waals surface area contributed by atoms with Crippen molar-refractivity contribution in [1.82, 2.24) is 5.06 Å². The Kier molecular flexibility index (Phi) is 6.25. The van der Waals surface area contributed by atoms with E-state index in [1.54, 1.807) is 12.0 Å². The summed E-state index contributed by atoms with van der Waals surface area (Å²) in [5.41, 5.74) is 0.670. The molecule has 0 aromatic heterocycles. The summed E-state index contributed by atoms with van der Waals surface area (Å²) in [6, 6.07) is 0.395. The lowest BCUT2D eigenvalue weighted by molar-refractivity contribution is -0.204. The van der Waals surface area contributed by atoms with E-state index < -0.39 is 0 Å². The van der Waals surface area contributed by atoms with E-state index in [2.05, 4.69) is 0 Å². The molecule has 0 saturated carbocycles. The van der Waals surface area contributed by atoms with Gasteiger partial charge in [-0.3, -0.25) is 0 Å². The van der Waals surface area contributed by atoms with Crippen LogP contribution in [-0.2, 0) is 9.63 Å². The standard InChI is InChI=1S/C12H23NO2/c1-7-8-11(6)12(14)15-13(9(2)3)10(4)5/h8-10H,7H2,1-6H3. The molecule has 0 saturated heterocycles. The van der Waals surface area contributed by atoms with Crippen molar-refractivity contribution < 1.29 is 9.63 Å². The van der Waals surface area contributed by atoms with E-state index in [4.69, 9.17) is 4.84 Å². The second-order valence-electron chi connectivity index (χ2n) is 4.22. The highest BCUT2D eigenvalue weighted by molar-refractivity contribution is 5.87. The summed E-state index contributed by atoms with van der Waals surface area (Å²) in [5, 5.41) is 1.72. The van der Waals surface area contributed by atoms with Crippen LogP contribution in [0.4, 0.5) is 0 Å². The second-order valence-corrected chi connectivity index (χ2v) is 4.22. The number of allylic oxidation sites excluding steroid dienone is 1. The van der Waals surface area contributed by atoms with Crippen molar-refractivity contribution in [3.63, 3.8) is 0 Å². The van der Waals surface area contributed by atoms with Crippen molar-refractivity contribution in [2.45, 2.75) is 60.0 Å². The molecule has 0 aliphatic rings. The zero-order valence-electron chi connectivity index (χ0n) is 10.7. The van der Waals surface area contributed by atoms with Crippen molar-refractivity contribution in [3.05, 3.63) is 11.6 Å². The Labute approximate surface area is 93.1 Å². The summed E-state index contributed by atoms with van der Waals surface area (Å²) < 4.78 is 0. The maximum atomic E-state index is 11.6. The van der Waals surface area contributed by atoms with Crippen molar-refractivity contribution in [3.8, 4) is 0 Å². The Bertz CT molecular complexity index is 224. The summed E-state index contributed by atoms with van der Waals surface area (Å²) in [6.45, 7) is 11.8. The monoisotopic (exact) mass is 213 g/mol. The summed E-state index contributed by atoms with van der Waals surface area (Å²) in [4.78, 5) is 16.9. The van der Waals surface area contributed by atoms with E-state index in [0.717, 1.165) is 6.42 Å². The first-order chi connectivity index (χ1) is 6.90. The first kappa shape index (κ1) is 14.2. The number of hydrogen-bond donors (Lipinski definition) is 0. The largest absolute Gasteiger partial charge is 0.364 e. The van der Waals surface area contributed by atoms with Crippen LogP contribution < -0.4 is 0 Å². The minimum Gasteiger partial charge on any atom is -0.364 e. The molecule has 0 aliphatic carbocycles. The fraction of sp³-hybridized carbons (Fsp3) is 0.750. The molecule has 3 nitrogen and oxygen atoms in total. The van der Waals surface area contributed by atoms with Crippen LogP contribution in [0.2, 0.25) is 0 Å². The average molecular weight is 213 g/mol. The van der Waals surface area contributed by atoms with Gasteiger partial charge in [-0.25, -0.2) is 4.79 Å². The molecule has 0 fully saturated rings. The Morgan fingerprint density at radius 3 is 2.07 bits per heavy atom. The number of hydroxylamine groups is 2. The van der Waals surface area contributed by atoms with Gasteiger partial charge in [0, 0.05) is 17.7 Å². The van der Waals surface area contributed by atoms with Crippen LogP contribution in [0.15, 0.2) is 11.6 Å². The highest BCUT2D eigenvalue weighted by Gasteiger charge is 2.19. The van der Waals surface area contributed by atoms with Gasteiger partial charge in [0.05, 0.1) is 0 Å². The maximum Gasteiger partial charge on any atom is 0.352 e. The third kappa shape index (κ3) is 4.98. The summed E-state index contributed by atoms with van der Waals surface area (Å²) in [7, 11) is 0. The van der Waals surface area contributed by atoms with Crippen LogP contribution in [0.5, 0.6) is 0 Å². The molecule has 0 spiro atoms. The second kappa shape index (κ2) is 6.62. The molecule has 0 aromatic carbocycles. The van der Waals surface area contributed by atoms with Crippen LogP contribution in [0.25, 0.3) is 0 Å². The van der Waals surface area contributed by atoms with E-state index in [1.807, 2.05) is 40.7 Å². The van der Waals surface area contributed by atoms with Crippen molar-refractivity contribution >= 4 is 5.97 Å². The van der Waals surface area contributed by atoms with Gasteiger partial charge >= 0.3 is 5.97 Å². The Balaban J connectivity index is 4.42. The lowest BCUT2D eigenvalue weighted by Gasteiger charge is -2.28. The first-order valence-corrected chi connectivity index (χ1v) is 5.57. The number of rotatable bonds is 5. The average Bonchev–Trinajstić information content (AvgIpc) is 2.12. The van der Waals surface area contributed by atoms with Gasteiger partial charge in [-0.15, -0.1) is 5.06 Å². The molecule has 88 valence electrons. The predicted molar refractivity (Wildman–Crippen MR) is 62.3 cm³/mol. The molecule has 0 heterocycles. The number of carbonyl (C=O) groups is 1. The quantitative estimate of drug-likeness (QED) is 0.519. The van der Waals surface area contributed by atoms with E-state index in [0.29, 0.717) is 5.57 Å². The molecule has 0 aromatic rings. The molecular formula is C12H23NO2. The van der Waals surface area contributed by atoms with E-state index in [1.165, 1.54) is 0 Å². The predicted octanol–water partition coefficient (Wildman–Crippen LogP) is 2.92. The van der Waals surface area contributed by atoms with Crippen LogP contribution >= 0.6 is 0 Å². The molecule has 0 amide bonds. The molecule has 0 radical (unpaired) electrons. The van der Waals surface area contributed by atoms with Gasteiger partial charge < -0.3 is 4.84 Å². The Hall–Kier alpha value is -0.830. The number of hydrogen-bond acceptors (Lipinski definition) is 3. The summed E-state index contributed by atoms with van der Waals surface area (Å²) in [6.07, 6.45) is 2.73. The highest BCUT2D eigenvalue weighted by atomic mass is 16.7. The normalized spacial score (nSPS) is 12.7. The van der Waals surface area contributed by atoms with Crippen LogP contribution in [0.3, 0.4) is 0 Å². The van der Waals surface area contributed by atoms with Crippen molar-refractivity contribution in [2.75, 3.05) is 0 Å². The van der Waals surface area contributed by atoms with Gasteiger partial charge in [-0.05, 0) is 41.0 Å². The zero-order valence-corrected chi connectivity index (χ0v) is 10.7. The molecule has 0 atom stereocenters. The molecule has 3 heteroatoms. The molecule has 0 N–H and O–H groups in total. The highest BCUT2D eigenvalue weighted by Crippen LogP contribution is 2.09. The lowest BCUT2D eigenvalue weighted by atomic mass is 10.2. The van der Waals surface area contributed by atoms with E-state index in [-0.39, 0.29) is 18.1 Å². The smallest absolute Gasteiger partial charge is 0.352 e. The zero-order chi connectivity index (χ0) is 12.0. The van der Waals surface area contributed by atoms with Gasteiger partial charge in [0.15, 0.2) is 0 Å². The molecule has 15 heavy (non-hydrogen) atoms. The third-order valence-electron chi connectivity index (χ3n) is 2.04. The molecule has 0 rings (SSSR count). The summed E-state index contributed by atoms with van der Waals surface area (Å²) >= 11 is 0. The minimum absolute atomic E-state index is 0.198. The van der Waals surface area contributed by atoms with Crippen LogP contribution in [0, 0.1) is 0 Å². The van der Waals surface area contributed by atoms with Crippen molar-refractivity contribution in [2.24, 2.45) is 0 Å². The first-order valence-electron chi connectivity index (χ1n) is 5.57. The Morgan fingerprint density at radius 2 is 1.73 bits per heavy atom. The van der Waals surface area contributed by atoms with Crippen LogP contribution in [-0.4, -0.2) is 23.1 Å². The van der Waals surface area contributed by atoms with Gasteiger partial charge in [0.2, 0.25) is 0 Å². The Morgan fingerprint density at radius 1 is 1.27 bits per heavy atom. The molecule has 0 unspecified atom stereocenters. The molecular weight excluding hydrogens is 190 g/mol. The molecule has 0 bridgehead atoms. The van der Waals surface area contributed by atoms with Gasteiger partial charge in [-0.1, -0.05) is 13.0 Å². The lowest BCUT2D eigenvalue weighted by Crippen LogP contribution is -2.39. The minimum atomic E-state index is -0.251. The maximum absolute atomic E-state index is 11.6. The SMILES string of the molecule is CCC=C(C)C(=O)ON(C(C)C)C(C)C. The van der Waals surface area contributed by atoms with Gasteiger partial charge in [0.25, 0.3) is 0 Å². The van der Waals surface area contributed by atoms with E-state index in [9.17, 15) is 4.79 Å². The fourth-order valence-electron chi connectivity index (χ4n) is 1.36.